The Morgan fingerprint density at radius 2 is 1.83 bits per heavy atom. The van der Waals surface area contributed by atoms with E-state index in [0.29, 0.717) is 25.6 Å². The fourth-order valence-electron chi connectivity index (χ4n) is 3.08. The number of ether oxygens (including phenoxy) is 1. The first kappa shape index (κ1) is 18.3. The van der Waals surface area contributed by atoms with Crippen LogP contribution in [0.1, 0.15) is 51.0 Å². The third-order valence-electron chi connectivity index (χ3n) is 4.56. The van der Waals surface area contributed by atoms with E-state index in [9.17, 15) is 9.59 Å². The highest BCUT2D eigenvalue weighted by molar-refractivity contribution is 5.78. The Labute approximate surface area is 144 Å². The molecule has 1 N–H and O–H groups in total. The lowest BCUT2D eigenvalue weighted by Crippen LogP contribution is -2.38. The van der Waals surface area contributed by atoms with E-state index in [1.54, 1.807) is 18.9 Å². The zero-order valence-electron chi connectivity index (χ0n) is 14.7. The highest BCUT2D eigenvalue weighted by Gasteiger charge is 2.17. The normalized spacial score (nSPS) is 14.9. The molecule has 0 saturated heterocycles. The summed E-state index contributed by atoms with van der Waals surface area (Å²) in [7, 11) is 1.63. The lowest BCUT2D eigenvalue weighted by molar-refractivity contribution is -0.130. The van der Waals surface area contributed by atoms with Crippen molar-refractivity contribution in [2.24, 2.45) is 0 Å². The minimum absolute atomic E-state index is 0.0173. The molecule has 0 aliphatic heterocycles. The quantitative estimate of drug-likeness (QED) is 0.835. The van der Waals surface area contributed by atoms with Crippen molar-refractivity contribution in [3.63, 3.8) is 0 Å². The summed E-state index contributed by atoms with van der Waals surface area (Å²) in [4.78, 5) is 25.7. The van der Waals surface area contributed by atoms with Gasteiger partial charge in [-0.15, -0.1) is 0 Å². The highest BCUT2D eigenvalue weighted by Crippen LogP contribution is 2.17. The summed E-state index contributed by atoms with van der Waals surface area (Å²) in [5.74, 6) is 0.819. The summed E-state index contributed by atoms with van der Waals surface area (Å²) >= 11 is 0. The molecule has 1 aliphatic carbocycles. The predicted molar refractivity (Wildman–Crippen MR) is 93.7 cm³/mol. The third-order valence-corrected chi connectivity index (χ3v) is 4.56. The fourth-order valence-corrected chi connectivity index (χ4v) is 3.08. The number of amides is 2. The summed E-state index contributed by atoms with van der Waals surface area (Å²) in [5.41, 5.74) is 1.03. The molecular formula is C19H28N2O3. The van der Waals surface area contributed by atoms with Crippen LogP contribution in [0.4, 0.5) is 0 Å². The summed E-state index contributed by atoms with van der Waals surface area (Å²) in [5, 5.41) is 3.10. The number of methoxy groups -OCH3 is 1. The van der Waals surface area contributed by atoms with Gasteiger partial charge in [0.2, 0.25) is 11.8 Å². The molecule has 1 aliphatic rings. The van der Waals surface area contributed by atoms with Gasteiger partial charge in [0.1, 0.15) is 5.75 Å². The number of hydrogen-bond acceptors (Lipinski definition) is 3. The Bertz CT molecular complexity index is 536. The maximum absolute atomic E-state index is 12.1. The van der Waals surface area contributed by atoms with Gasteiger partial charge in [-0.25, -0.2) is 0 Å². The van der Waals surface area contributed by atoms with E-state index < -0.39 is 0 Å². The maximum atomic E-state index is 12.1. The first-order valence-corrected chi connectivity index (χ1v) is 8.76. The van der Waals surface area contributed by atoms with E-state index in [1.807, 2.05) is 24.3 Å². The average molecular weight is 332 g/mol. The van der Waals surface area contributed by atoms with Gasteiger partial charge in [0.15, 0.2) is 0 Å². The predicted octanol–water partition coefficient (Wildman–Crippen LogP) is 2.88. The average Bonchev–Trinajstić information content (AvgIpc) is 2.59. The van der Waals surface area contributed by atoms with Crippen molar-refractivity contribution in [1.82, 2.24) is 10.2 Å². The molecule has 0 radical (unpaired) electrons. The second kappa shape index (κ2) is 9.30. The van der Waals surface area contributed by atoms with Crippen LogP contribution < -0.4 is 10.1 Å². The zero-order valence-corrected chi connectivity index (χ0v) is 14.7. The molecule has 0 unspecified atom stereocenters. The van der Waals surface area contributed by atoms with Crippen molar-refractivity contribution in [3.05, 3.63) is 29.8 Å². The maximum Gasteiger partial charge on any atom is 0.221 e. The van der Waals surface area contributed by atoms with E-state index in [1.165, 1.54) is 19.3 Å². The first-order valence-electron chi connectivity index (χ1n) is 8.76. The number of benzene rings is 1. The molecule has 2 rings (SSSR count). The van der Waals surface area contributed by atoms with Crippen LogP contribution in [-0.4, -0.2) is 36.4 Å². The number of rotatable bonds is 7. The van der Waals surface area contributed by atoms with Gasteiger partial charge >= 0.3 is 0 Å². The van der Waals surface area contributed by atoms with Crippen LogP contribution in [0.15, 0.2) is 24.3 Å². The van der Waals surface area contributed by atoms with Crippen molar-refractivity contribution < 1.29 is 14.3 Å². The molecule has 1 aromatic carbocycles. The number of nitrogens with one attached hydrogen (secondary N) is 1. The SMILES string of the molecule is COc1ccc(CN(CCC(=O)NC2CCCCC2)C(C)=O)cc1. The van der Waals surface area contributed by atoms with Crippen LogP contribution in [0.25, 0.3) is 0 Å². The lowest BCUT2D eigenvalue weighted by atomic mass is 9.95. The van der Waals surface area contributed by atoms with Gasteiger partial charge in [-0.1, -0.05) is 31.4 Å². The van der Waals surface area contributed by atoms with Crippen molar-refractivity contribution in [1.29, 1.82) is 0 Å². The van der Waals surface area contributed by atoms with Crippen LogP contribution in [0.3, 0.4) is 0 Å². The molecule has 1 aromatic rings. The highest BCUT2D eigenvalue weighted by atomic mass is 16.5. The monoisotopic (exact) mass is 332 g/mol. The van der Waals surface area contributed by atoms with Gasteiger partial charge in [0.25, 0.3) is 0 Å². The molecule has 1 saturated carbocycles. The van der Waals surface area contributed by atoms with Crippen molar-refractivity contribution in [2.45, 2.75) is 58.0 Å². The fraction of sp³-hybridized carbons (Fsp3) is 0.579. The van der Waals surface area contributed by atoms with Crippen LogP contribution in [-0.2, 0) is 16.1 Å². The smallest absolute Gasteiger partial charge is 0.221 e. The van der Waals surface area contributed by atoms with Gasteiger partial charge in [0.05, 0.1) is 7.11 Å². The van der Waals surface area contributed by atoms with Crippen LogP contribution in [0.2, 0.25) is 0 Å². The number of carbonyl (C=O) groups excluding carboxylic acids is 2. The minimum Gasteiger partial charge on any atom is -0.497 e. The molecule has 5 heteroatoms. The Morgan fingerprint density at radius 3 is 2.42 bits per heavy atom. The molecule has 2 amide bonds. The molecule has 1 fully saturated rings. The largest absolute Gasteiger partial charge is 0.497 e. The summed E-state index contributed by atoms with van der Waals surface area (Å²) in [6.45, 7) is 2.50. The first-order chi connectivity index (χ1) is 11.6. The molecule has 24 heavy (non-hydrogen) atoms. The molecule has 0 heterocycles. The van der Waals surface area contributed by atoms with E-state index in [4.69, 9.17) is 4.74 Å². The summed E-state index contributed by atoms with van der Waals surface area (Å²) < 4.78 is 5.14. The van der Waals surface area contributed by atoms with Crippen LogP contribution in [0.5, 0.6) is 5.75 Å². The summed E-state index contributed by atoms with van der Waals surface area (Å²) in [6, 6.07) is 7.96. The van der Waals surface area contributed by atoms with E-state index in [0.717, 1.165) is 24.2 Å². The lowest BCUT2D eigenvalue weighted by Gasteiger charge is -2.24. The standard InChI is InChI=1S/C19H28N2O3/c1-15(22)21(14-16-8-10-18(24-2)11-9-16)13-12-19(23)20-17-6-4-3-5-7-17/h8-11,17H,3-7,12-14H2,1-2H3,(H,20,23). The van der Waals surface area contributed by atoms with Crippen molar-refractivity contribution >= 4 is 11.8 Å². The topological polar surface area (TPSA) is 58.6 Å². The van der Waals surface area contributed by atoms with Gasteiger partial charge < -0.3 is 15.0 Å². The van der Waals surface area contributed by atoms with Gasteiger partial charge in [-0.2, -0.15) is 0 Å². The Balaban J connectivity index is 1.81. The minimum atomic E-state index is -0.0173. The Hall–Kier alpha value is -2.04. The van der Waals surface area contributed by atoms with E-state index in [2.05, 4.69) is 5.32 Å². The number of hydrogen-bond donors (Lipinski definition) is 1. The third kappa shape index (κ3) is 5.87. The second-order valence-electron chi connectivity index (χ2n) is 6.44. The van der Waals surface area contributed by atoms with Crippen LogP contribution in [0, 0.1) is 0 Å². The molecule has 5 nitrogen and oxygen atoms in total. The Morgan fingerprint density at radius 1 is 1.17 bits per heavy atom. The summed E-state index contributed by atoms with van der Waals surface area (Å²) in [6.07, 6.45) is 6.17. The number of carbonyl (C=O) groups is 2. The van der Waals surface area contributed by atoms with Gasteiger partial charge in [0, 0.05) is 32.5 Å². The van der Waals surface area contributed by atoms with Gasteiger partial charge in [-0.05, 0) is 30.5 Å². The number of nitrogens with zero attached hydrogens (tertiary/aromatic N) is 1. The molecule has 0 aromatic heterocycles. The second-order valence-corrected chi connectivity index (χ2v) is 6.44. The molecule has 0 atom stereocenters. The molecule has 0 spiro atoms. The molecular weight excluding hydrogens is 304 g/mol. The van der Waals surface area contributed by atoms with Crippen molar-refractivity contribution in [2.75, 3.05) is 13.7 Å². The van der Waals surface area contributed by atoms with Gasteiger partial charge in [-0.3, -0.25) is 9.59 Å². The molecule has 0 bridgehead atoms. The van der Waals surface area contributed by atoms with E-state index in [-0.39, 0.29) is 11.8 Å². The molecule has 132 valence electrons. The van der Waals surface area contributed by atoms with Crippen LogP contribution >= 0.6 is 0 Å². The van der Waals surface area contributed by atoms with E-state index >= 15 is 0 Å². The zero-order chi connectivity index (χ0) is 17.4. The van der Waals surface area contributed by atoms with Crippen molar-refractivity contribution in [3.8, 4) is 5.75 Å². The Kier molecular flexibility index (Phi) is 7.09.